The number of nitrogens with two attached hydrogens (primary N) is 1. The molecule has 0 saturated heterocycles. The SMILES string of the molecule is Cc1nc(N)ccc1-c1ccccn1. The fraction of sp³-hybridized carbons (Fsp3) is 0.0909. The summed E-state index contributed by atoms with van der Waals surface area (Å²) in [5.74, 6) is 0.544. The standard InChI is InChI=1S/C11H11N3/c1-8-9(5-6-11(12)14-8)10-4-2-3-7-13-10/h2-7H,1H3,(H2,12,14). The monoisotopic (exact) mass is 185 g/mol. The van der Waals surface area contributed by atoms with Crippen LogP contribution in [0.5, 0.6) is 0 Å². The number of pyridine rings is 2. The van der Waals surface area contributed by atoms with Gasteiger partial charge in [0.2, 0.25) is 0 Å². The lowest BCUT2D eigenvalue weighted by atomic mass is 10.1. The van der Waals surface area contributed by atoms with Gasteiger partial charge in [0, 0.05) is 17.5 Å². The van der Waals surface area contributed by atoms with E-state index in [0.717, 1.165) is 17.0 Å². The highest BCUT2D eigenvalue weighted by Gasteiger charge is 2.03. The average Bonchev–Trinajstić information content (AvgIpc) is 2.19. The Bertz CT molecular complexity index is 438. The van der Waals surface area contributed by atoms with Gasteiger partial charge in [0.05, 0.1) is 5.69 Å². The molecule has 3 nitrogen and oxygen atoms in total. The maximum atomic E-state index is 5.57. The zero-order chi connectivity index (χ0) is 9.97. The van der Waals surface area contributed by atoms with E-state index in [1.54, 1.807) is 12.3 Å². The molecule has 2 heterocycles. The van der Waals surface area contributed by atoms with Gasteiger partial charge in [-0.3, -0.25) is 4.98 Å². The lowest BCUT2D eigenvalue weighted by molar-refractivity contribution is 1.19. The topological polar surface area (TPSA) is 51.8 Å². The molecule has 0 unspecified atom stereocenters. The molecule has 0 amide bonds. The minimum absolute atomic E-state index is 0.544. The summed E-state index contributed by atoms with van der Waals surface area (Å²) in [5.41, 5.74) is 8.44. The Morgan fingerprint density at radius 1 is 1.14 bits per heavy atom. The first-order chi connectivity index (χ1) is 6.77. The van der Waals surface area contributed by atoms with E-state index in [1.165, 1.54) is 0 Å². The van der Waals surface area contributed by atoms with Crippen LogP contribution >= 0.6 is 0 Å². The Labute approximate surface area is 82.6 Å². The molecule has 14 heavy (non-hydrogen) atoms. The van der Waals surface area contributed by atoms with Gasteiger partial charge in [-0.15, -0.1) is 0 Å². The quantitative estimate of drug-likeness (QED) is 0.739. The van der Waals surface area contributed by atoms with Crippen LogP contribution < -0.4 is 5.73 Å². The molecular formula is C11H11N3. The molecule has 0 radical (unpaired) electrons. The van der Waals surface area contributed by atoms with E-state index < -0.39 is 0 Å². The second-order valence-corrected chi connectivity index (χ2v) is 3.08. The molecular weight excluding hydrogens is 174 g/mol. The molecule has 0 aromatic carbocycles. The lowest BCUT2D eigenvalue weighted by Gasteiger charge is -2.04. The van der Waals surface area contributed by atoms with Gasteiger partial charge in [-0.1, -0.05) is 6.07 Å². The van der Waals surface area contributed by atoms with Crippen molar-refractivity contribution in [2.45, 2.75) is 6.92 Å². The van der Waals surface area contributed by atoms with E-state index >= 15 is 0 Å². The molecule has 0 saturated carbocycles. The van der Waals surface area contributed by atoms with E-state index in [4.69, 9.17) is 5.73 Å². The van der Waals surface area contributed by atoms with Gasteiger partial charge in [-0.25, -0.2) is 4.98 Å². The predicted molar refractivity (Wildman–Crippen MR) is 56.6 cm³/mol. The third-order valence-corrected chi connectivity index (χ3v) is 2.05. The zero-order valence-electron chi connectivity index (χ0n) is 7.94. The van der Waals surface area contributed by atoms with E-state index in [2.05, 4.69) is 9.97 Å². The molecule has 2 rings (SSSR count). The number of anilines is 1. The van der Waals surface area contributed by atoms with Gasteiger partial charge in [0.15, 0.2) is 0 Å². The van der Waals surface area contributed by atoms with Crippen LogP contribution in [-0.2, 0) is 0 Å². The minimum atomic E-state index is 0.544. The van der Waals surface area contributed by atoms with Gasteiger partial charge in [-0.2, -0.15) is 0 Å². The Balaban J connectivity index is 2.53. The maximum absolute atomic E-state index is 5.57. The first-order valence-electron chi connectivity index (χ1n) is 4.42. The van der Waals surface area contributed by atoms with Gasteiger partial charge < -0.3 is 5.73 Å². The van der Waals surface area contributed by atoms with Gasteiger partial charge in [-0.05, 0) is 31.2 Å². The third-order valence-electron chi connectivity index (χ3n) is 2.05. The summed E-state index contributed by atoms with van der Waals surface area (Å²) in [6.07, 6.45) is 1.77. The number of hydrogen-bond acceptors (Lipinski definition) is 3. The highest BCUT2D eigenvalue weighted by atomic mass is 14.8. The minimum Gasteiger partial charge on any atom is -0.384 e. The number of rotatable bonds is 1. The lowest BCUT2D eigenvalue weighted by Crippen LogP contribution is -1.94. The number of nitrogen functional groups attached to an aromatic ring is 1. The van der Waals surface area contributed by atoms with Gasteiger partial charge in [0.1, 0.15) is 5.82 Å². The molecule has 0 aliphatic rings. The fourth-order valence-corrected chi connectivity index (χ4v) is 1.37. The Morgan fingerprint density at radius 2 is 2.00 bits per heavy atom. The van der Waals surface area contributed by atoms with Crippen molar-refractivity contribution >= 4 is 5.82 Å². The van der Waals surface area contributed by atoms with Crippen molar-refractivity contribution in [3.05, 3.63) is 42.2 Å². The van der Waals surface area contributed by atoms with Crippen molar-refractivity contribution in [3.8, 4) is 11.3 Å². The molecule has 0 fully saturated rings. The second-order valence-electron chi connectivity index (χ2n) is 3.08. The second kappa shape index (κ2) is 3.46. The summed E-state index contributed by atoms with van der Waals surface area (Å²) in [6.45, 7) is 1.93. The van der Waals surface area contributed by atoms with E-state index in [-0.39, 0.29) is 0 Å². The summed E-state index contributed by atoms with van der Waals surface area (Å²) in [4.78, 5) is 8.45. The number of aryl methyl sites for hydroxylation is 1. The molecule has 2 aromatic heterocycles. The van der Waals surface area contributed by atoms with Crippen LogP contribution in [0.4, 0.5) is 5.82 Å². The van der Waals surface area contributed by atoms with Crippen LogP contribution in [0.25, 0.3) is 11.3 Å². The summed E-state index contributed by atoms with van der Waals surface area (Å²) in [7, 11) is 0. The zero-order valence-corrected chi connectivity index (χ0v) is 7.94. The van der Waals surface area contributed by atoms with Crippen LogP contribution in [-0.4, -0.2) is 9.97 Å². The highest BCUT2D eigenvalue weighted by Crippen LogP contribution is 2.19. The van der Waals surface area contributed by atoms with E-state index in [0.29, 0.717) is 5.82 Å². The van der Waals surface area contributed by atoms with Crippen molar-refractivity contribution in [1.29, 1.82) is 0 Å². The predicted octanol–water partition coefficient (Wildman–Crippen LogP) is 2.03. The molecule has 0 atom stereocenters. The van der Waals surface area contributed by atoms with Crippen LogP contribution in [0, 0.1) is 6.92 Å². The number of aromatic nitrogens is 2. The molecule has 0 spiro atoms. The van der Waals surface area contributed by atoms with Crippen LogP contribution in [0.3, 0.4) is 0 Å². The van der Waals surface area contributed by atoms with Gasteiger partial charge in [0.25, 0.3) is 0 Å². The Morgan fingerprint density at radius 3 is 2.64 bits per heavy atom. The van der Waals surface area contributed by atoms with Crippen LogP contribution in [0.1, 0.15) is 5.69 Å². The maximum Gasteiger partial charge on any atom is 0.123 e. The van der Waals surface area contributed by atoms with E-state index in [9.17, 15) is 0 Å². The van der Waals surface area contributed by atoms with Crippen molar-refractivity contribution in [3.63, 3.8) is 0 Å². The van der Waals surface area contributed by atoms with Crippen molar-refractivity contribution in [1.82, 2.24) is 9.97 Å². The fourth-order valence-electron chi connectivity index (χ4n) is 1.37. The number of hydrogen-bond donors (Lipinski definition) is 1. The van der Waals surface area contributed by atoms with Crippen molar-refractivity contribution in [2.75, 3.05) is 5.73 Å². The summed E-state index contributed by atoms with van der Waals surface area (Å²) in [5, 5.41) is 0. The van der Waals surface area contributed by atoms with Crippen molar-refractivity contribution < 1.29 is 0 Å². The van der Waals surface area contributed by atoms with Crippen LogP contribution in [0.15, 0.2) is 36.5 Å². The normalized spacial score (nSPS) is 10.1. The molecule has 70 valence electrons. The van der Waals surface area contributed by atoms with E-state index in [1.807, 2.05) is 31.2 Å². The summed E-state index contributed by atoms with van der Waals surface area (Å²) < 4.78 is 0. The molecule has 3 heteroatoms. The molecule has 2 aromatic rings. The summed E-state index contributed by atoms with van der Waals surface area (Å²) >= 11 is 0. The highest BCUT2D eigenvalue weighted by molar-refractivity contribution is 5.62. The Kier molecular flexibility index (Phi) is 2.14. The molecule has 2 N–H and O–H groups in total. The molecule has 0 aliphatic heterocycles. The van der Waals surface area contributed by atoms with Crippen molar-refractivity contribution in [2.24, 2.45) is 0 Å². The first kappa shape index (κ1) is 8.69. The third kappa shape index (κ3) is 1.57. The Hall–Kier alpha value is -1.90. The molecule has 0 aliphatic carbocycles. The largest absolute Gasteiger partial charge is 0.384 e. The molecule has 0 bridgehead atoms. The smallest absolute Gasteiger partial charge is 0.123 e. The average molecular weight is 185 g/mol. The number of nitrogens with zero attached hydrogens (tertiary/aromatic N) is 2. The van der Waals surface area contributed by atoms with Crippen LogP contribution in [0.2, 0.25) is 0 Å². The van der Waals surface area contributed by atoms with Gasteiger partial charge >= 0.3 is 0 Å². The first-order valence-corrected chi connectivity index (χ1v) is 4.42. The summed E-state index contributed by atoms with van der Waals surface area (Å²) in [6, 6.07) is 9.54.